The SMILES string of the molecule is CC(C)CCN(CCCC(C)(C)N)C1CC1. The van der Waals surface area contributed by atoms with Crippen molar-refractivity contribution in [3.63, 3.8) is 0 Å². The first-order valence-corrected chi connectivity index (χ1v) is 6.91. The molecule has 0 bridgehead atoms. The molecule has 0 heterocycles. The molecule has 2 N–H and O–H groups in total. The Labute approximate surface area is 102 Å². The second kappa shape index (κ2) is 6.02. The van der Waals surface area contributed by atoms with Crippen molar-refractivity contribution in [1.82, 2.24) is 4.90 Å². The van der Waals surface area contributed by atoms with Gasteiger partial charge in [-0.3, -0.25) is 0 Å². The van der Waals surface area contributed by atoms with Crippen LogP contribution in [0.4, 0.5) is 0 Å². The van der Waals surface area contributed by atoms with Gasteiger partial charge < -0.3 is 10.6 Å². The summed E-state index contributed by atoms with van der Waals surface area (Å²) in [4.78, 5) is 2.69. The molecule has 0 atom stereocenters. The van der Waals surface area contributed by atoms with Gasteiger partial charge in [0.15, 0.2) is 0 Å². The van der Waals surface area contributed by atoms with Crippen LogP contribution < -0.4 is 5.73 Å². The maximum atomic E-state index is 6.02. The summed E-state index contributed by atoms with van der Waals surface area (Å²) in [6, 6.07) is 0.902. The van der Waals surface area contributed by atoms with E-state index in [1.807, 2.05) is 0 Å². The molecule has 0 amide bonds. The predicted molar refractivity (Wildman–Crippen MR) is 71.6 cm³/mol. The molecule has 1 saturated carbocycles. The van der Waals surface area contributed by atoms with Gasteiger partial charge in [0, 0.05) is 11.6 Å². The van der Waals surface area contributed by atoms with Gasteiger partial charge in [0.2, 0.25) is 0 Å². The molecule has 0 radical (unpaired) electrons. The lowest BCUT2D eigenvalue weighted by Crippen LogP contribution is -2.34. The lowest BCUT2D eigenvalue weighted by Gasteiger charge is -2.25. The summed E-state index contributed by atoms with van der Waals surface area (Å²) in [5.74, 6) is 0.826. The van der Waals surface area contributed by atoms with E-state index in [0.29, 0.717) is 0 Å². The van der Waals surface area contributed by atoms with Crippen LogP contribution in [0.3, 0.4) is 0 Å². The van der Waals surface area contributed by atoms with Gasteiger partial charge in [-0.1, -0.05) is 13.8 Å². The largest absolute Gasteiger partial charge is 0.326 e. The molecule has 0 aliphatic heterocycles. The molecule has 0 aromatic heterocycles. The van der Waals surface area contributed by atoms with Crippen molar-refractivity contribution in [2.24, 2.45) is 11.7 Å². The van der Waals surface area contributed by atoms with Crippen molar-refractivity contribution in [3.8, 4) is 0 Å². The average Bonchev–Trinajstić information content (AvgIpc) is 2.91. The summed E-state index contributed by atoms with van der Waals surface area (Å²) in [5.41, 5.74) is 6.02. The van der Waals surface area contributed by atoms with Gasteiger partial charge in [-0.15, -0.1) is 0 Å². The molecule has 96 valence electrons. The van der Waals surface area contributed by atoms with E-state index < -0.39 is 0 Å². The number of nitrogens with two attached hydrogens (primary N) is 1. The van der Waals surface area contributed by atoms with Gasteiger partial charge in [0.05, 0.1) is 0 Å². The molecule has 0 aromatic carbocycles. The topological polar surface area (TPSA) is 29.3 Å². The van der Waals surface area contributed by atoms with Crippen LogP contribution in [-0.2, 0) is 0 Å². The second-order valence-corrected chi connectivity index (χ2v) is 6.54. The Morgan fingerprint density at radius 3 is 2.31 bits per heavy atom. The fraction of sp³-hybridized carbons (Fsp3) is 1.00. The zero-order chi connectivity index (χ0) is 12.2. The van der Waals surface area contributed by atoms with Gasteiger partial charge >= 0.3 is 0 Å². The third kappa shape index (κ3) is 6.49. The predicted octanol–water partition coefficient (Wildman–Crippen LogP) is 3.01. The molecule has 1 fully saturated rings. The Bertz CT molecular complexity index is 189. The zero-order valence-corrected chi connectivity index (χ0v) is 11.6. The molecule has 0 unspecified atom stereocenters. The lowest BCUT2D eigenvalue weighted by atomic mass is 10.00. The van der Waals surface area contributed by atoms with Crippen molar-refractivity contribution < 1.29 is 0 Å². The van der Waals surface area contributed by atoms with E-state index in [1.165, 1.54) is 38.8 Å². The van der Waals surface area contributed by atoms with Crippen LogP contribution in [0.15, 0.2) is 0 Å². The maximum Gasteiger partial charge on any atom is 0.00975 e. The Morgan fingerprint density at radius 2 is 1.88 bits per heavy atom. The first kappa shape index (κ1) is 14.0. The van der Waals surface area contributed by atoms with Crippen molar-refractivity contribution >= 4 is 0 Å². The molecule has 1 rings (SSSR count). The normalized spacial score (nSPS) is 17.4. The highest BCUT2D eigenvalue weighted by atomic mass is 15.2. The minimum atomic E-state index is 0.00721. The Balaban J connectivity index is 2.18. The van der Waals surface area contributed by atoms with E-state index >= 15 is 0 Å². The molecule has 0 spiro atoms. The van der Waals surface area contributed by atoms with Crippen molar-refractivity contribution in [2.75, 3.05) is 13.1 Å². The van der Waals surface area contributed by atoms with E-state index in [0.717, 1.165) is 18.4 Å². The van der Waals surface area contributed by atoms with Crippen LogP contribution in [0, 0.1) is 5.92 Å². The van der Waals surface area contributed by atoms with Crippen LogP contribution in [0.25, 0.3) is 0 Å². The van der Waals surface area contributed by atoms with Gasteiger partial charge in [-0.2, -0.15) is 0 Å². The second-order valence-electron chi connectivity index (χ2n) is 6.54. The lowest BCUT2D eigenvalue weighted by molar-refractivity contribution is 0.236. The fourth-order valence-electron chi connectivity index (χ4n) is 2.08. The van der Waals surface area contributed by atoms with Gasteiger partial charge in [0.25, 0.3) is 0 Å². The van der Waals surface area contributed by atoms with Crippen molar-refractivity contribution in [3.05, 3.63) is 0 Å². The van der Waals surface area contributed by atoms with Crippen molar-refractivity contribution in [2.45, 2.75) is 71.4 Å². The summed E-state index contributed by atoms with van der Waals surface area (Å²) in [5, 5.41) is 0. The van der Waals surface area contributed by atoms with E-state index in [4.69, 9.17) is 5.73 Å². The van der Waals surface area contributed by atoms with Crippen LogP contribution in [0.1, 0.15) is 59.8 Å². The molecule has 0 saturated heterocycles. The van der Waals surface area contributed by atoms with Crippen LogP contribution >= 0.6 is 0 Å². The molecule has 1 aliphatic rings. The van der Waals surface area contributed by atoms with E-state index in [9.17, 15) is 0 Å². The Hall–Kier alpha value is -0.0800. The molecular weight excluding hydrogens is 196 g/mol. The van der Waals surface area contributed by atoms with E-state index in [1.54, 1.807) is 0 Å². The first-order valence-electron chi connectivity index (χ1n) is 6.91. The highest BCUT2D eigenvalue weighted by molar-refractivity contribution is 4.85. The standard InChI is InChI=1S/C14H30N2/c1-12(2)8-11-16(13-6-7-13)10-5-9-14(3,4)15/h12-13H,5-11,15H2,1-4H3. The molecular formula is C14H30N2. The minimum absolute atomic E-state index is 0.00721. The average molecular weight is 226 g/mol. The summed E-state index contributed by atoms with van der Waals surface area (Å²) < 4.78 is 0. The molecule has 0 aromatic rings. The summed E-state index contributed by atoms with van der Waals surface area (Å²) >= 11 is 0. The first-order chi connectivity index (χ1) is 7.38. The Kier molecular flexibility index (Phi) is 5.26. The third-order valence-electron chi connectivity index (χ3n) is 3.32. The summed E-state index contributed by atoms with van der Waals surface area (Å²) in [6.07, 6.45) is 6.56. The van der Waals surface area contributed by atoms with Gasteiger partial charge in [-0.25, -0.2) is 0 Å². The van der Waals surface area contributed by atoms with Crippen LogP contribution in [0.5, 0.6) is 0 Å². The van der Waals surface area contributed by atoms with Gasteiger partial charge in [-0.05, 0) is 65.0 Å². The third-order valence-corrected chi connectivity index (χ3v) is 3.32. The smallest absolute Gasteiger partial charge is 0.00975 e. The summed E-state index contributed by atoms with van der Waals surface area (Å²) in [6.45, 7) is 11.4. The molecule has 2 nitrogen and oxygen atoms in total. The highest BCUT2D eigenvalue weighted by Gasteiger charge is 2.28. The van der Waals surface area contributed by atoms with Crippen molar-refractivity contribution in [1.29, 1.82) is 0 Å². The van der Waals surface area contributed by atoms with Crippen LogP contribution in [-0.4, -0.2) is 29.6 Å². The minimum Gasteiger partial charge on any atom is -0.326 e. The highest BCUT2D eigenvalue weighted by Crippen LogP contribution is 2.27. The monoisotopic (exact) mass is 226 g/mol. The number of rotatable bonds is 8. The van der Waals surface area contributed by atoms with E-state index in [2.05, 4.69) is 32.6 Å². The fourth-order valence-corrected chi connectivity index (χ4v) is 2.08. The van der Waals surface area contributed by atoms with E-state index in [-0.39, 0.29) is 5.54 Å². The number of hydrogen-bond donors (Lipinski definition) is 1. The maximum absolute atomic E-state index is 6.02. The summed E-state index contributed by atoms with van der Waals surface area (Å²) in [7, 11) is 0. The van der Waals surface area contributed by atoms with Crippen LogP contribution in [0.2, 0.25) is 0 Å². The quantitative estimate of drug-likeness (QED) is 0.689. The number of hydrogen-bond acceptors (Lipinski definition) is 2. The zero-order valence-electron chi connectivity index (χ0n) is 11.6. The molecule has 16 heavy (non-hydrogen) atoms. The molecule has 2 heteroatoms. The Morgan fingerprint density at radius 1 is 1.25 bits per heavy atom. The number of nitrogens with zero attached hydrogens (tertiary/aromatic N) is 1. The van der Waals surface area contributed by atoms with Gasteiger partial charge in [0.1, 0.15) is 0 Å². The molecule has 1 aliphatic carbocycles.